The van der Waals surface area contributed by atoms with Crippen LogP contribution in [0, 0.1) is 0 Å². The van der Waals surface area contributed by atoms with Crippen LogP contribution in [0.3, 0.4) is 0 Å². The average Bonchev–Trinajstić information content (AvgIpc) is 1.99. The van der Waals surface area contributed by atoms with Gasteiger partial charge >= 0.3 is 5.97 Å². The van der Waals surface area contributed by atoms with E-state index in [-0.39, 0.29) is 0 Å². The third-order valence-corrected chi connectivity index (χ3v) is 3.46. The first-order valence-electron chi connectivity index (χ1n) is 3.21. The Bertz CT molecular complexity index is 169. The summed E-state index contributed by atoms with van der Waals surface area (Å²) >= 11 is 2.99. The van der Waals surface area contributed by atoms with Crippen LogP contribution in [0.2, 0.25) is 0 Å². The van der Waals surface area contributed by atoms with E-state index in [2.05, 4.69) is 0 Å². The van der Waals surface area contributed by atoms with Crippen molar-refractivity contribution < 1.29 is 9.90 Å². The molecule has 0 saturated heterocycles. The predicted molar refractivity (Wildman–Crippen MR) is 52.0 cm³/mol. The van der Waals surface area contributed by atoms with Crippen LogP contribution in [-0.4, -0.2) is 23.6 Å². The van der Waals surface area contributed by atoms with Crippen molar-refractivity contribution in [1.82, 2.24) is 0 Å². The van der Waals surface area contributed by atoms with Crippen molar-refractivity contribution in [2.24, 2.45) is 0 Å². The Morgan fingerprint density at radius 2 is 1.82 bits per heavy atom. The van der Waals surface area contributed by atoms with Gasteiger partial charge in [-0.25, -0.2) is 4.79 Å². The lowest BCUT2D eigenvalue weighted by atomic mass is 10.2. The monoisotopic (exact) mass is 192 g/mol. The van der Waals surface area contributed by atoms with Gasteiger partial charge in [-0.05, 0) is 18.9 Å². The van der Waals surface area contributed by atoms with Gasteiger partial charge in [0.2, 0.25) is 0 Å². The molecule has 0 aliphatic heterocycles. The van der Waals surface area contributed by atoms with Crippen molar-refractivity contribution >= 4 is 29.5 Å². The number of hydrogen-bond donors (Lipinski definition) is 1. The number of rotatable bonds is 4. The lowest BCUT2D eigenvalue weighted by Gasteiger charge is -2.03. The second-order valence-electron chi connectivity index (χ2n) is 1.83. The Labute approximate surface area is 75.4 Å². The molecule has 1 N–H and O–H groups in total. The van der Waals surface area contributed by atoms with Crippen molar-refractivity contribution in [2.45, 2.75) is 13.3 Å². The number of aliphatic carboxylic acids is 1. The van der Waals surface area contributed by atoms with Gasteiger partial charge in [-0.15, -0.1) is 23.5 Å². The Balaban J connectivity index is 4.62. The van der Waals surface area contributed by atoms with Gasteiger partial charge in [-0.3, -0.25) is 0 Å². The molecular weight excluding hydrogens is 180 g/mol. The van der Waals surface area contributed by atoms with Gasteiger partial charge in [0.1, 0.15) is 0 Å². The van der Waals surface area contributed by atoms with E-state index >= 15 is 0 Å². The maximum absolute atomic E-state index is 10.6. The van der Waals surface area contributed by atoms with Crippen molar-refractivity contribution in [3.63, 3.8) is 0 Å². The third-order valence-electron chi connectivity index (χ3n) is 1.23. The van der Waals surface area contributed by atoms with E-state index < -0.39 is 5.97 Å². The van der Waals surface area contributed by atoms with Crippen molar-refractivity contribution in [3.05, 3.63) is 9.81 Å². The molecule has 0 atom stereocenters. The molecule has 0 unspecified atom stereocenters. The fraction of sp³-hybridized carbons (Fsp3) is 0.571. The Morgan fingerprint density at radius 3 is 1.91 bits per heavy atom. The second kappa shape index (κ2) is 5.55. The lowest BCUT2D eigenvalue weighted by Crippen LogP contribution is -2.00. The summed E-state index contributed by atoms with van der Waals surface area (Å²) in [6, 6.07) is 0. The topological polar surface area (TPSA) is 37.3 Å². The smallest absolute Gasteiger partial charge is 0.333 e. The number of carboxylic acid groups (broad SMARTS) is 1. The second-order valence-corrected chi connectivity index (χ2v) is 3.72. The summed E-state index contributed by atoms with van der Waals surface area (Å²) in [5.74, 6) is -0.800. The zero-order chi connectivity index (χ0) is 8.85. The van der Waals surface area contributed by atoms with Crippen molar-refractivity contribution in [1.29, 1.82) is 0 Å². The van der Waals surface area contributed by atoms with Gasteiger partial charge in [-0.2, -0.15) is 0 Å². The van der Waals surface area contributed by atoms with E-state index in [0.717, 1.165) is 4.24 Å². The standard InChI is InChI=1S/C7H12O2S2/c1-4-5(6(8)9)7(10-2)11-3/h4H2,1-3H3,(H,8,9). The Morgan fingerprint density at radius 1 is 1.36 bits per heavy atom. The van der Waals surface area contributed by atoms with E-state index in [1.165, 1.54) is 23.5 Å². The lowest BCUT2D eigenvalue weighted by molar-refractivity contribution is -0.132. The first-order valence-corrected chi connectivity index (χ1v) is 5.66. The normalized spacial score (nSPS) is 9.36. The van der Waals surface area contributed by atoms with Crippen LogP contribution in [-0.2, 0) is 4.79 Å². The zero-order valence-corrected chi connectivity index (χ0v) is 8.51. The van der Waals surface area contributed by atoms with Gasteiger partial charge < -0.3 is 5.11 Å². The van der Waals surface area contributed by atoms with Gasteiger partial charge in [0, 0.05) is 4.24 Å². The quantitative estimate of drug-likeness (QED) is 0.694. The highest BCUT2D eigenvalue weighted by Crippen LogP contribution is 2.28. The van der Waals surface area contributed by atoms with Crippen LogP contribution >= 0.6 is 23.5 Å². The summed E-state index contributed by atoms with van der Waals surface area (Å²) in [4.78, 5) is 10.6. The predicted octanol–water partition coefficient (Wildman–Crippen LogP) is 2.42. The summed E-state index contributed by atoms with van der Waals surface area (Å²) in [5, 5.41) is 8.72. The van der Waals surface area contributed by atoms with Gasteiger partial charge in [0.05, 0.1) is 5.57 Å². The minimum absolute atomic E-state index is 0.519. The minimum Gasteiger partial charge on any atom is -0.478 e. The molecule has 0 saturated carbocycles. The van der Waals surface area contributed by atoms with Gasteiger partial charge in [0.15, 0.2) is 0 Å². The molecule has 11 heavy (non-hydrogen) atoms. The van der Waals surface area contributed by atoms with E-state index in [0.29, 0.717) is 12.0 Å². The fourth-order valence-corrected chi connectivity index (χ4v) is 2.34. The average molecular weight is 192 g/mol. The maximum Gasteiger partial charge on any atom is 0.333 e. The van der Waals surface area contributed by atoms with Crippen LogP contribution in [0.1, 0.15) is 13.3 Å². The summed E-state index contributed by atoms with van der Waals surface area (Å²) in [6.45, 7) is 1.86. The number of thioether (sulfide) groups is 2. The number of hydrogen-bond acceptors (Lipinski definition) is 3. The van der Waals surface area contributed by atoms with Crippen molar-refractivity contribution in [3.8, 4) is 0 Å². The minimum atomic E-state index is -0.800. The molecule has 0 heterocycles. The molecule has 0 aliphatic carbocycles. The third kappa shape index (κ3) is 3.20. The molecular formula is C7H12O2S2. The molecule has 0 aromatic rings. The molecule has 0 aromatic heterocycles. The molecule has 64 valence electrons. The van der Waals surface area contributed by atoms with Crippen molar-refractivity contribution in [2.75, 3.05) is 12.5 Å². The molecule has 0 rings (SSSR count). The van der Waals surface area contributed by atoms with E-state index in [1.54, 1.807) is 0 Å². The molecule has 0 amide bonds. The SMILES string of the molecule is CCC(C(=O)O)=C(SC)SC. The molecule has 0 bridgehead atoms. The Kier molecular flexibility index (Phi) is 5.50. The fourth-order valence-electron chi connectivity index (χ4n) is 0.713. The molecule has 4 heteroatoms. The van der Waals surface area contributed by atoms with Crippen LogP contribution < -0.4 is 0 Å². The van der Waals surface area contributed by atoms with E-state index in [1.807, 2.05) is 19.4 Å². The van der Waals surface area contributed by atoms with Crippen LogP contribution in [0.15, 0.2) is 9.81 Å². The summed E-state index contributed by atoms with van der Waals surface area (Å²) in [6.07, 6.45) is 4.38. The maximum atomic E-state index is 10.6. The molecule has 2 nitrogen and oxygen atoms in total. The highest BCUT2D eigenvalue weighted by atomic mass is 32.2. The van der Waals surface area contributed by atoms with Crippen LogP contribution in [0.4, 0.5) is 0 Å². The zero-order valence-electron chi connectivity index (χ0n) is 6.88. The summed E-state index contributed by atoms with van der Waals surface area (Å²) < 4.78 is 0.903. The van der Waals surface area contributed by atoms with Crippen LogP contribution in [0.25, 0.3) is 0 Å². The number of carboxylic acids is 1. The Hall–Kier alpha value is -0.0900. The summed E-state index contributed by atoms with van der Waals surface area (Å²) in [7, 11) is 0. The highest BCUT2D eigenvalue weighted by Gasteiger charge is 2.10. The molecule has 0 aliphatic rings. The largest absolute Gasteiger partial charge is 0.478 e. The first-order chi connectivity index (χ1) is 5.17. The molecule has 0 fully saturated rings. The van der Waals surface area contributed by atoms with E-state index in [4.69, 9.17) is 5.11 Å². The van der Waals surface area contributed by atoms with Gasteiger partial charge in [-0.1, -0.05) is 6.92 Å². The molecule has 0 aromatic carbocycles. The molecule has 0 radical (unpaired) electrons. The first kappa shape index (κ1) is 10.9. The molecule has 0 spiro atoms. The number of carbonyl (C=O) groups is 1. The highest BCUT2D eigenvalue weighted by molar-refractivity contribution is 8.21. The van der Waals surface area contributed by atoms with Gasteiger partial charge in [0.25, 0.3) is 0 Å². The summed E-state index contributed by atoms with van der Waals surface area (Å²) in [5.41, 5.74) is 0.519. The van der Waals surface area contributed by atoms with Crippen LogP contribution in [0.5, 0.6) is 0 Å². The van der Waals surface area contributed by atoms with E-state index in [9.17, 15) is 4.79 Å².